The average Bonchev–Trinajstić information content (AvgIpc) is 2.34. The number of aliphatic hydroxyl groups is 1. The van der Waals surface area contributed by atoms with Crippen LogP contribution in [-0.2, 0) is 14.3 Å². The second-order valence-electron chi connectivity index (χ2n) is 6.70. The molecule has 0 heterocycles. The van der Waals surface area contributed by atoms with Crippen LogP contribution in [0, 0.1) is 16.7 Å². The van der Waals surface area contributed by atoms with Crippen LogP contribution in [0.5, 0.6) is 0 Å². The van der Waals surface area contributed by atoms with E-state index in [9.17, 15) is 14.7 Å². The first kappa shape index (κ1) is 18.9. The van der Waals surface area contributed by atoms with E-state index in [4.69, 9.17) is 9.84 Å². The number of carbonyl (C=O) groups is 2. The van der Waals surface area contributed by atoms with Crippen LogP contribution in [0.4, 0.5) is 0 Å². The van der Waals surface area contributed by atoms with Gasteiger partial charge in [-0.3, -0.25) is 9.59 Å². The van der Waals surface area contributed by atoms with Gasteiger partial charge in [-0.1, -0.05) is 27.2 Å². The van der Waals surface area contributed by atoms with Crippen LogP contribution < -0.4 is 0 Å². The highest BCUT2D eigenvalue weighted by Crippen LogP contribution is 2.36. The number of carboxylic acids is 1. The van der Waals surface area contributed by atoms with Crippen molar-refractivity contribution in [1.82, 2.24) is 0 Å². The van der Waals surface area contributed by atoms with Gasteiger partial charge in [-0.05, 0) is 32.1 Å². The molecule has 20 heavy (non-hydrogen) atoms. The Morgan fingerprint density at radius 1 is 1.15 bits per heavy atom. The number of rotatable bonds is 9. The fourth-order valence-electron chi connectivity index (χ4n) is 2.09. The molecule has 0 aliphatic heterocycles. The summed E-state index contributed by atoms with van der Waals surface area (Å²) >= 11 is 0. The van der Waals surface area contributed by atoms with Crippen LogP contribution in [0.1, 0.15) is 53.9 Å². The molecule has 1 unspecified atom stereocenters. The first-order valence-electron chi connectivity index (χ1n) is 7.06. The van der Waals surface area contributed by atoms with Gasteiger partial charge in [0.1, 0.15) is 6.61 Å². The lowest BCUT2D eigenvalue weighted by atomic mass is 9.74. The van der Waals surface area contributed by atoms with Gasteiger partial charge >= 0.3 is 11.9 Å². The first-order chi connectivity index (χ1) is 9.05. The SMILES string of the molecule is CCC(C)(C)CC(CC(C)(C)C(=O)OCCO)C(=O)O. The highest BCUT2D eigenvalue weighted by Gasteiger charge is 2.37. The zero-order chi connectivity index (χ0) is 16.0. The van der Waals surface area contributed by atoms with E-state index in [1.165, 1.54) is 0 Å². The second-order valence-corrected chi connectivity index (χ2v) is 6.70. The van der Waals surface area contributed by atoms with E-state index in [0.717, 1.165) is 6.42 Å². The Bertz CT molecular complexity index is 333. The molecular weight excluding hydrogens is 260 g/mol. The van der Waals surface area contributed by atoms with Gasteiger partial charge in [0.15, 0.2) is 0 Å². The van der Waals surface area contributed by atoms with Crippen molar-refractivity contribution in [2.45, 2.75) is 53.9 Å². The molecule has 0 fully saturated rings. The van der Waals surface area contributed by atoms with Gasteiger partial charge in [0, 0.05) is 0 Å². The van der Waals surface area contributed by atoms with Crippen molar-refractivity contribution in [3.8, 4) is 0 Å². The summed E-state index contributed by atoms with van der Waals surface area (Å²) in [6.07, 6.45) is 1.64. The van der Waals surface area contributed by atoms with Gasteiger partial charge in [0.05, 0.1) is 17.9 Å². The predicted molar refractivity (Wildman–Crippen MR) is 76.3 cm³/mol. The zero-order valence-electron chi connectivity index (χ0n) is 13.2. The fourth-order valence-corrected chi connectivity index (χ4v) is 2.09. The van der Waals surface area contributed by atoms with Crippen LogP contribution >= 0.6 is 0 Å². The predicted octanol–water partition coefficient (Wildman–Crippen LogP) is 2.47. The molecule has 0 saturated carbocycles. The van der Waals surface area contributed by atoms with Crippen molar-refractivity contribution >= 4 is 11.9 Å². The van der Waals surface area contributed by atoms with Crippen molar-refractivity contribution in [2.24, 2.45) is 16.7 Å². The highest BCUT2D eigenvalue weighted by atomic mass is 16.5. The minimum atomic E-state index is -0.880. The molecule has 0 saturated heterocycles. The molecule has 0 aliphatic carbocycles. The number of hydrogen-bond donors (Lipinski definition) is 2. The van der Waals surface area contributed by atoms with Crippen molar-refractivity contribution in [1.29, 1.82) is 0 Å². The van der Waals surface area contributed by atoms with E-state index in [0.29, 0.717) is 6.42 Å². The molecule has 0 aromatic rings. The Morgan fingerprint density at radius 2 is 1.70 bits per heavy atom. The molecule has 0 amide bonds. The number of hydrogen-bond acceptors (Lipinski definition) is 4. The maximum atomic E-state index is 11.9. The highest BCUT2D eigenvalue weighted by molar-refractivity contribution is 5.77. The summed E-state index contributed by atoms with van der Waals surface area (Å²) in [6, 6.07) is 0. The molecule has 2 N–H and O–H groups in total. The van der Waals surface area contributed by atoms with Crippen molar-refractivity contribution < 1.29 is 24.5 Å². The van der Waals surface area contributed by atoms with E-state index >= 15 is 0 Å². The van der Waals surface area contributed by atoms with Gasteiger partial charge < -0.3 is 14.9 Å². The third-order valence-corrected chi connectivity index (χ3v) is 3.74. The molecule has 5 heteroatoms. The average molecular weight is 288 g/mol. The smallest absolute Gasteiger partial charge is 0.311 e. The number of esters is 1. The standard InChI is InChI=1S/C15H28O5/c1-6-14(2,3)9-11(12(17)18)10-15(4,5)13(19)20-8-7-16/h11,16H,6-10H2,1-5H3,(H,17,18). The van der Waals surface area contributed by atoms with Crippen LogP contribution in [0.2, 0.25) is 0 Å². The maximum Gasteiger partial charge on any atom is 0.311 e. The number of carbonyl (C=O) groups excluding carboxylic acids is 1. The third kappa shape index (κ3) is 6.37. The monoisotopic (exact) mass is 288 g/mol. The van der Waals surface area contributed by atoms with Crippen LogP contribution in [-0.4, -0.2) is 35.4 Å². The van der Waals surface area contributed by atoms with Crippen molar-refractivity contribution in [3.63, 3.8) is 0 Å². The van der Waals surface area contributed by atoms with Gasteiger partial charge in [0.25, 0.3) is 0 Å². The Kier molecular flexibility index (Phi) is 7.20. The summed E-state index contributed by atoms with van der Waals surface area (Å²) in [6.45, 7) is 9.16. The molecule has 1 atom stereocenters. The topological polar surface area (TPSA) is 83.8 Å². The van der Waals surface area contributed by atoms with Gasteiger partial charge in [-0.2, -0.15) is 0 Å². The molecular formula is C15H28O5. The van der Waals surface area contributed by atoms with E-state index in [1.807, 2.05) is 20.8 Å². The lowest BCUT2D eigenvalue weighted by Gasteiger charge is -2.31. The van der Waals surface area contributed by atoms with Crippen LogP contribution in [0.15, 0.2) is 0 Å². The minimum Gasteiger partial charge on any atom is -0.481 e. The second kappa shape index (κ2) is 7.62. The Balaban J connectivity index is 4.81. The largest absolute Gasteiger partial charge is 0.481 e. The van der Waals surface area contributed by atoms with Crippen molar-refractivity contribution in [3.05, 3.63) is 0 Å². The van der Waals surface area contributed by atoms with Crippen molar-refractivity contribution in [2.75, 3.05) is 13.2 Å². The molecule has 0 spiro atoms. The lowest BCUT2D eigenvalue weighted by molar-refractivity contribution is -0.157. The summed E-state index contributed by atoms with van der Waals surface area (Å²) in [5.74, 6) is -1.93. The normalized spacial score (nSPS) is 13.9. The third-order valence-electron chi connectivity index (χ3n) is 3.74. The summed E-state index contributed by atoms with van der Waals surface area (Å²) in [5.41, 5.74) is -0.948. The quantitative estimate of drug-likeness (QED) is 0.637. The summed E-state index contributed by atoms with van der Waals surface area (Å²) < 4.78 is 4.91. The number of carboxylic acid groups (broad SMARTS) is 1. The number of aliphatic carboxylic acids is 1. The Morgan fingerprint density at radius 3 is 2.10 bits per heavy atom. The molecule has 0 bridgehead atoms. The molecule has 118 valence electrons. The maximum absolute atomic E-state index is 11.9. The summed E-state index contributed by atoms with van der Waals surface area (Å²) in [4.78, 5) is 23.3. The van der Waals surface area contributed by atoms with Gasteiger partial charge in [-0.15, -0.1) is 0 Å². The Hall–Kier alpha value is -1.10. The first-order valence-corrected chi connectivity index (χ1v) is 7.06. The molecule has 0 aromatic carbocycles. The molecule has 0 rings (SSSR count). The number of aliphatic hydroxyl groups excluding tert-OH is 1. The molecule has 0 radical (unpaired) electrons. The zero-order valence-corrected chi connectivity index (χ0v) is 13.2. The van der Waals surface area contributed by atoms with Crippen LogP contribution in [0.25, 0.3) is 0 Å². The van der Waals surface area contributed by atoms with Gasteiger partial charge in [-0.25, -0.2) is 0 Å². The Labute approximate surface area is 121 Å². The summed E-state index contributed by atoms with van der Waals surface area (Å²) in [7, 11) is 0. The molecule has 0 aliphatic rings. The van der Waals surface area contributed by atoms with E-state index in [-0.39, 0.29) is 25.0 Å². The van der Waals surface area contributed by atoms with E-state index < -0.39 is 23.3 Å². The van der Waals surface area contributed by atoms with E-state index in [1.54, 1.807) is 13.8 Å². The summed E-state index contributed by atoms with van der Waals surface area (Å²) in [5, 5.41) is 18.0. The molecule has 0 aromatic heterocycles. The van der Waals surface area contributed by atoms with E-state index in [2.05, 4.69) is 0 Å². The fraction of sp³-hybridized carbons (Fsp3) is 0.867. The van der Waals surface area contributed by atoms with Gasteiger partial charge in [0.2, 0.25) is 0 Å². The molecule has 5 nitrogen and oxygen atoms in total. The number of ether oxygens (including phenoxy) is 1. The lowest BCUT2D eigenvalue weighted by Crippen LogP contribution is -2.34. The van der Waals surface area contributed by atoms with Crippen LogP contribution in [0.3, 0.4) is 0 Å². The minimum absolute atomic E-state index is 0.0551.